The fourth-order valence-electron chi connectivity index (χ4n) is 3.42. The summed E-state index contributed by atoms with van der Waals surface area (Å²) in [7, 11) is 0. The Morgan fingerprint density at radius 2 is 1.89 bits per heavy atom. The average molecular weight is 533 g/mol. The molecule has 2 aromatic heterocycles. The standard InChI is InChI=1S/C27H21FN4O3S2/c1-3-35-27(34)22-16(2)23(24(33)31-20-7-5-4-6-8-20)37-26(22)30-14-18(13-29)25-32-21(15-36-25)17-9-11-19(28)12-10-17/h4-12,14-15,30H,3H2,1-2H3,(H,31,33). The van der Waals surface area contributed by atoms with E-state index in [1.165, 1.54) is 29.7 Å². The number of thiophene rings is 1. The number of hydrogen-bond acceptors (Lipinski definition) is 8. The van der Waals surface area contributed by atoms with Gasteiger partial charge in [0, 0.05) is 22.8 Å². The number of para-hydroxylation sites is 1. The van der Waals surface area contributed by atoms with Crippen LogP contribution in [0.2, 0.25) is 0 Å². The smallest absolute Gasteiger partial charge is 0.341 e. The molecule has 0 aliphatic heterocycles. The summed E-state index contributed by atoms with van der Waals surface area (Å²) in [6, 6.07) is 17.0. The number of hydrogen-bond donors (Lipinski definition) is 2. The summed E-state index contributed by atoms with van der Waals surface area (Å²) in [5.74, 6) is -1.28. The van der Waals surface area contributed by atoms with Crippen molar-refractivity contribution in [3.63, 3.8) is 0 Å². The van der Waals surface area contributed by atoms with E-state index < -0.39 is 5.97 Å². The predicted molar refractivity (Wildman–Crippen MR) is 144 cm³/mol. The van der Waals surface area contributed by atoms with Crippen molar-refractivity contribution in [3.8, 4) is 17.3 Å². The number of benzene rings is 2. The maximum absolute atomic E-state index is 13.2. The molecule has 2 N–H and O–H groups in total. The highest BCUT2D eigenvalue weighted by Crippen LogP contribution is 2.35. The second kappa shape index (κ2) is 11.6. The lowest BCUT2D eigenvalue weighted by Gasteiger charge is -2.06. The number of amides is 1. The van der Waals surface area contributed by atoms with Crippen molar-refractivity contribution in [2.45, 2.75) is 13.8 Å². The Bertz CT molecular complexity index is 1500. The minimum absolute atomic E-state index is 0.170. The number of carbonyl (C=O) groups is 2. The fraction of sp³-hybridized carbons (Fsp3) is 0.111. The number of esters is 1. The lowest BCUT2D eigenvalue weighted by atomic mass is 10.1. The van der Waals surface area contributed by atoms with Crippen LogP contribution >= 0.6 is 22.7 Å². The fourth-order valence-corrected chi connectivity index (χ4v) is 5.27. The first-order valence-corrected chi connectivity index (χ1v) is 12.9. The molecule has 0 fully saturated rings. The van der Waals surface area contributed by atoms with Gasteiger partial charge in [-0.05, 0) is 55.8 Å². The minimum Gasteiger partial charge on any atom is -0.462 e. The molecule has 0 atom stereocenters. The minimum atomic E-state index is -0.572. The van der Waals surface area contributed by atoms with E-state index in [4.69, 9.17) is 4.74 Å². The Kier molecular flexibility index (Phi) is 8.08. The van der Waals surface area contributed by atoms with Crippen LogP contribution in [-0.2, 0) is 4.74 Å². The van der Waals surface area contributed by atoms with Gasteiger partial charge >= 0.3 is 5.97 Å². The molecule has 0 aliphatic carbocycles. The number of ether oxygens (including phenoxy) is 1. The van der Waals surface area contributed by atoms with E-state index in [9.17, 15) is 19.2 Å². The van der Waals surface area contributed by atoms with Gasteiger partial charge in [0.15, 0.2) is 0 Å². The molecule has 186 valence electrons. The second-order valence-electron chi connectivity index (χ2n) is 7.66. The van der Waals surface area contributed by atoms with Gasteiger partial charge in [0.05, 0.1) is 22.7 Å². The summed E-state index contributed by atoms with van der Waals surface area (Å²) < 4.78 is 18.5. The number of nitriles is 1. The molecule has 4 aromatic rings. The second-order valence-corrected chi connectivity index (χ2v) is 9.54. The Labute approximate surface area is 220 Å². The number of rotatable bonds is 8. The number of aromatic nitrogens is 1. The SMILES string of the molecule is CCOC(=O)c1c(NC=C(C#N)c2nc(-c3ccc(F)cc3)cs2)sc(C(=O)Nc2ccccc2)c1C. The molecule has 1 amide bonds. The van der Waals surface area contributed by atoms with Crippen LogP contribution in [0.15, 0.2) is 66.2 Å². The van der Waals surface area contributed by atoms with E-state index in [-0.39, 0.29) is 29.5 Å². The number of anilines is 2. The number of allylic oxidation sites excluding steroid dienone is 1. The van der Waals surface area contributed by atoms with Crippen molar-refractivity contribution >= 4 is 50.8 Å². The Morgan fingerprint density at radius 1 is 1.16 bits per heavy atom. The van der Waals surface area contributed by atoms with Crippen molar-refractivity contribution in [2.24, 2.45) is 0 Å². The third-order valence-corrected chi connectivity index (χ3v) is 7.30. The number of nitrogens with zero attached hydrogens (tertiary/aromatic N) is 2. The van der Waals surface area contributed by atoms with Gasteiger partial charge < -0.3 is 15.4 Å². The van der Waals surface area contributed by atoms with Crippen LogP contribution in [0.5, 0.6) is 0 Å². The van der Waals surface area contributed by atoms with Crippen LogP contribution in [-0.4, -0.2) is 23.5 Å². The van der Waals surface area contributed by atoms with Crippen LogP contribution < -0.4 is 10.6 Å². The monoisotopic (exact) mass is 532 g/mol. The lowest BCUT2D eigenvalue weighted by molar-refractivity contribution is 0.0527. The van der Waals surface area contributed by atoms with Gasteiger partial charge in [-0.15, -0.1) is 22.7 Å². The van der Waals surface area contributed by atoms with E-state index in [0.717, 1.165) is 16.9 Å². The number of carbonyl (C=O) groups excluding carboxylic acids is 2. The maximum atomic E-state index is 13.2. The first-order chi connectivity index (χ1) is 17.9. The molecule has 0 aliphatic rings. The molecular weight excluding hydrogens is 511 g/mol. The van der Waals surface area contributed by atoms with Gasteiger partial charge in [-0.3, -0.25) is 4.79 Å². The van der Waals surface area contributed by atoms with E-state index in [2.05, 4.69) is 21.7 Å². The van der Waals surface area contributed by atoms with E-state index in [0.29, 0.717) is 31.8 Å². The third-order valence-electron chi connectivity index (χ3n) is 5.21. The first kappa shape index (κ1) is 25.8. The van der Waals surface area contributed by atoms with Crippen molar-refractivity contribution in [2.75, 3.05) is 17.2 Å². The number of nitrogens with one attached hydrogen (secondary N) is 2. The number of halogens is 1. The summed E-state index contributed by atoms with van der Waals surface area (Å²) in [6.07, 6.45) is 1.44. The lowest BCUT2D eigenvalue weighted by Crippen LogP contribution is -2.12. The maximum Gasteiger partial charge on any atom is 0.341 e. The summed E-state index contributed by atoms with van der Waals surface area (Å²) in [5.41, 5.74) is 2.89. The van der Waals surface area contributed by atoms with Crippen molar-refractivity contribution in [3.05, 3.63) is 93.0 Å². The molecule has 0 bridgehead atoms. The quantitative estimate of drug-likeness (QED) is 0.193. The van der Waals surface area contributed by atoms with Gasteiger partial charge in [0.1, 0.15) is 27.5 Å². The molecule has 2 heterocycles. The van der Waals surface area contributed by atoms with Crippen LogP contribution in [0, 0.1) is 24.1 Å². The van der Waals surface area contributed by atoms with Crippen molar-refractivity contribution in [1.29, 1.82) is 5.26 Å². The van der Waals surface area contributed by atoms with Crippen LogP contribution in [0.1, 0.15) is 37.5 Å². The molecule has 4 rings (SSSR count). The predicted octanol–water partition coefficient (Wildman–Crippen LogP) is 6.72. The number of thiazole rings is 1. The van der Waals surface area contributed by atoms with Gasteiger partial charge in [0.2, 0.25) is 0 Å². The molecule has 0 spiro atoms. The van der Waals surface area contributed by atoms with Crippen molar-refractivity contribution < 1.29 is 18.7 Å². The van der Waals surface area contributed by atoms with Gasteiger partial charge in [-0.1, -0.05) is 18.2 Å². The summed E-state index contributed by atoms with van der Waals surface area (Å²) in [5, 5.41) is 18.2. The normalized spacial score (nSPS) is 11.0. The van der Waals surface area contributed by atoms with E-state index >= 15 is 0 Å². The molecule has 37 heavy (non-hydrogen) atoms. The van der Waals surface area contributed by atoms with Gasteiger partial charge in [0.25, 0.3) is 5.91 Å². The van der Waals surface area contributed by atoms with E-state index in [1.807, 2.05) is 18.2 Å². The highest BCUT2D eigenvalue weighted by Gasteiger charge is 2.25. The molecule has 10 heteroatoms. The van der Waals surface area contributed by atoms with Gasteiger partial charge in [-0.2, -0.15) is 5.26 Å². The Hall–Kier alpha value is -4.33. The van der Waals surface area contributed by atoms with Crippen molar-refractivity contribution in [1.82, 2.24) is 4.98 Å². The third kappa shape index (κ3) is 5.91. The highest BCUT2D eigenvalue weighted by molar-refractivity contribution is 7.18. The Balaban J connectivity index is 1.63. The van der Waals surface area contributed by atoms with E-state index in [1.54, 1.807) is 43.5 Å². The first-order valence-electron chi connectivity index (χ1n) is 11.2. The van der Waals surface area contributed by atoms with Crippen LogP contribution in [0.4, 0.5) is 15.1 Å². The van der Waals surface area contributed by atoms with Crippen LogP contribution in [0.25, 0.3) is 16.8 Å². The average Bonchev–Trinajstić information content (AvgIpc) is 3.51. The largest absolute Gasteiger partial charge is 0.462 e. The van der Waals surface area contributed by atoms with Gasteiger partial charge in [-0.25, -0.2) is 14.2 Å². The summed E-state index contributed by atoms with van der Waals surface area (Å²) >= 11 is 2.35. The zero-order valence-electron chi connectivity index (χ0n) is 19.9. The topological polar surface area (TPSA) is 104 Å². The molecule has 0 unspecified atom stereocenters. The molecule has 2 aromatic carbocycles. The molecular formula is C27H21FN4O3S2. The van der Waals surface area contributed by atoms with Crippen LogP contribution in [0.3, 0.4) is 0 Å². The molecule has 0 saturated heterocycles. The zero-order chi connectivity index (χ0) is 26.4. The molecule has 7 nitrogen and oxygen atoms in total. The molecule has 0 radical (unpaired) electrons. The summed E-state index contributed by atoms with van der Waals surface area (Å²) in [6.45, 7) is 3.55. The summed E-state index contributed by atoms with van der Waals surface area (Å²) in [4.78, 5) is 30.5. The Morgan fingerprint density at radius 3 is 2.57 bits per heavy atom. The zero-order valence-corrected chi connectivity index (χ0v) is 21.5. The molecule has 0 saturated carbocycles. The highest BCUT2D eigenvalue weighted by atomic mass is 32.1.